The van der Waals surface area contributed by atoms with Crippen molar-refractivity contribution in [3.05, 3.63) is 62.6 Å². The average Bonchev–Trinajstić information content (AvgIpc) is 2.69. The molecule has 0 amide bonds. The quantitative estimate of drug-likeness (QED) is 0.632. The highest BCUT2D eigenvalue weighted by Gasteiger charge is 2.17. The van der Waals surface area contributed by atoms with E-state index in [1.165, 1.54) is 38.4 Å². The molecule has 9 heteroatoms. The SMILES string of the molecule is CC.CNc1cc2[nH]c(=O)n(-c3ccc(C(=O)O)cc3OC)c(=O)c2cc1F. The molecule has 28 heavy (non-hydrogen) atoms. The normalized spacial score (nSPS) is 10.2. The lowest BCUT2D eigenvalue weighted by molar-refractivity contribution is 0.0696. The van der Waals surface area contributed by atoms with Crippen molar-refractivity contribution in [1.29, 1.82) is 0 Å². The van der Waals surface area contributed by atoms with E-state index in [1.54, 1.807) is 0 Å². The highest BCUT2D eigenvalue weighted by atomic mass is 19.1. The van der Waals surface area contributed by atoms with Crippen molar-refractivity contribution in [3.8, 4) is 11.4 Å². The van der Waals surface area contributed by atoms with Gasteiger partial charge in [0.05, 0.1) is 35.0 Å². The van der Waals surface area contributed by atoms with E-state index in [0.717, 1.165) is 10.6 Å². The number of nitrogens with one attached hydrogen (secondary N) is 2. The number of nitrogens with zero attached hydrogens (tertiary/aromatic N) is 1. The van der Waals surface area contributed by atoms with E-state index in [1.807, 2.05) is 13.8 Å². The number of aromatic nitrogens is 2. The van der Waals surface area contributed by atoms with Crippen molar-refractivity contribution in [3.63, 3.8) is 0 Å². The number of halogens is 1. The maximum atomic E-state index is 14.0. The first-order chi connectivity index (χ1) is 13.4. The van der Waals surface area contributed by atoms with Crippen molar-refractivity contribution in [2.24, 2.45) is 0 Å². The number of rotatable bonds is 4. The van der Waals surface area contributed by atoms with Gasteiger partial charge in [-0.1, -0.05) is 13.8 Å². The zero-order chi connectivity index (χ0) is 21.0. The van der Waals surface area contributed by atoms with E-state index in [2.05, 4.69) is 10.3 Å². The van der Waals surface area contributed by atoms with Crippen LogP contribution >= 0.6 is 0 Å². The number of aromatic amines is 1. The number of fused-ring (bicyclic) bond motifs is 1. The highest BCUT2D eigenvalue weighted by Crippen LogP contribution is 2.23. The van der Waals surface area contributed by atoms with Crippen LogP contribution in [0.15, 0.2) is 39.9 Å². The summed E-state index contributed by atoms with van der Waals surface area (Å²) in [5, 5.41) is 11.6. The number of carbonyl (C=O) groups is 1. The van der Waals surface area contributed by atoms with Gasteiger partial charge in [-0.2, -0.15) is 0 Å². The summed E-state index contributed by atoms with van der Waals surface area (Å²) in [6, 6.07) is 6.05. The Balaban J connectivity index is 0.00000136. The molecule has 3 aromatic rings. The van der Waals surface area contributed by atoms with E-state index in [-0.39, 0.29) is 33.6 Å². The molecule has 0 saturated heterocycles. The van der Waals surface area contributed by atoms with Crippen LogP contribution in [0.1, 0.15) is 24.2 Å². The second-order valence-electron chi connectivity index (χ2n) is 5.39. The molecule has 0 fully saturated rings. The zero-order valence-electron chi connectivity index (χ0n) is 15.8. The Kier molecular flexibility index (Phi) is 6.19. The van der Waals surface area contributed by atoms with E-state index in [4.69, 9.17) is 9.84 Å². The molecule has 148 valence electrons. The fourth-order valence-corrected chi connectivity index (χ4v) is 2.64. The average molecular weight is 389 g/mol. The summed E-state index contributed by atoms with van der Waals surface area (Å²) >= 11 is 0. The number of hydrogen-bond acceptors (Lipinski definition) is 5. The summed E-state index contributed by atoms with van der Waals surface area (Å²) in [6.45, 7) is 4.00. The number of hydrogen-bond donors (Lipinski definition) is 3. The van der Waals surface area contributed by atoms with Crippen molar-refractivity contribution in [2.75, 3.05) is 19.5 Å². The molecular weight excluding hydrogens is 369 g/mol. The van der Waals surface area contributed by atoms with Crippen LogP contribution < -0.4 is 21.3 Å². The van der Waals surface area contributed by atoms with Gasteiger partial charge in [-0.25, -0.2) is 18.5 Å². The maximum Gasteiger partial charge on any atom is 0.335 e. The number of carboxylic acid groups (broad SMARTS) is 1. The smallest absolute Gasteiger partial charge is 0.335 e. The number of methoxy groups -OCH3 is 1. The number of aromatic carboxylic acids is 1. The predicted molar refractivity (Wildman–Crippen MR) is 105 cm³/mol. The van der Waals surface area contributed by atoms with Crippen molar-refractivity contribution >= 4 is 22.6 Å². The Bertz CT molecular complexity index is 1150. The largest absolute Gasteiger partial charge is 0.495 e. The number of ether oxygens (including phenoxy) is 1. The molecule has 0 unspecified atom stereocenters. The van der Waals surface area contributed by atoms with Gasteiger partial charge in [0.1, 0.15) is 11.6 Å². The molecule has 1 heterocycles. The Hall–Kier alpha value is -3.62. The van der Waals surface area contributed by atoms with Gasteiger partial charge >= 0.3 is 11.7 Å². The Morgan fingerprint density at radius 1 is 1.21 bits per heavy atom. The number of H-pyrrole nitrogens is 1. The van der Waals surface area contributed by atoms with Gasteiger partial charge < -0.3 is 20.1 Å². The first-order valence-electron chi connectivity index (χ1n) is 8.45. The third kappa shape index (κ3) is 3.59. The van der Waals surface area contributed by atoms with Crippen molar-refractivity contribution in [2.45, 2.75) is 13.8 Å². The molecule has 0 spiro atoms. The Morgan fingerprint density at radius 3 is 2.46 bits per heavy atom. The fourth-order valence-electron chi connectivity index (χ4n) is 2.64. The summed E-state index contributed by atoms with van der Waals surface area (Å²) in [4.78, 5) is 38.8. The summed E-state index contributed by atoms with van der Waals surface area (Å²) < 4.78 is 19.9. The number of carboxylic acids is 1. The molecule has 0 bridgehead atoms. The Morgan fingerprint density at radius 2 is 1.89 bits per heavy atom. The van der Waals surface area contributed by atoms with Gasteiger partial charge in [0, 0.05) is 7.05 Å². The Labute approximate surface area is 159 Å². The minimum absolute atomic E-state index is 0.0177. The molecule has 3 N–H and O–H groups in total. The van der Waals surface area contributed by atoms with Gasteiger partial charge in [0.15, 0.2) is 0 Å². The van der Waals surface area contributed by atoms with E-state index in [0.29, 0.717) is 0 Å². The fraction of sp³-hybridized carbons (Fsp3) is 0.211. The van der Waals surface area contributed by atoms with Gasteiger partial charge in [-0.15, -0.1) is 0 Å². The molecule has 3 rings (SSSR count). The van der Waals surface area contributed by atoms with Gasteiger partial charge in [-0.05, 0) is 30.3 Å². The van der Waals surface area contributed by atoms with Crippen LogP contribution in [0.5, 0.6) is 5.75 Å². The summed E-state index contributed by atoms with van der Waals surface area (Å²) in [7, 11) is 2.79. The highest BCUT2D eigenvalue weighted by molar-refractivity contribution is 5.88. The topological polar surface area (TPSA) is 113 Å². The number of benzene rings is 2. The molecule has 0 aliphatic rings. The molecule has 0 radical (unpaired) electrons. The van der Waals surface area contributed by atoms with Crippen LogP contribution in [-0.2, 0) is 0 Å². The van der Waals surface area contributed by atoms with Crippen LogP contribution in [0.25, 0.3) is 16.6 Å². The standard InChI is InChI=1S/C17H14FN3O5.C2H6/c1-19-12-7-11-9(6-10(12)18)15(22)21(17(25)20-11)13-4-3-8(16(23)24)5-14(13)26-2;1-2/h3-7,19H,1-2H3,(H,20,25)(H,23,24);1-2H3. The van der Waals surface area contributed by atoms with Crippen molar-refractivity contribution in [1.82, 2.24) is 9.55 Å². The zero-order valence-corrected chi connectivity index (χ0v) is 15.8. The van der Waals surface area contributed by atoms with Gasteiger partial charge in [0.2, 0.25) is 0 Å². The monoisotopic (exact) mass is 389 g/mol. The lowest BCUT2D eigenvalue weighted by Gasteiger charge is -2.12. The summed E-state index contributed by atoms with van der Waals surface area (Å²) in [5.41, 5.74) is -1.25. The van der Waals surface area contributed by atoms with Gasteiger partial charge in [0.25, 0.3) is 5.56 Å². The lowest BCUT2D eigenvalue weighted by Crippen LogP contribution is -2.34. The van der Waals surface area contributed by atoms with Crippen LogP contribution in [0.3, 0.4) is 0 Å². The van der Waals surface area contributed by atoms with Crippen LogP contribution in [0, 0.1) is 5.82 Å². The van der Waals surface area contributed by atoms with Crippen LogP contribution in [0.2, 0.25) is 0 Å². The second kappa shape index (κ2) is 8.38. The third-order valence-corrected chi connectivity index (χ3v) is 3.92. The minimum atomic E-state index is -1.18. The lowest BCUT2D eigenvalue weighted by atomic mass is 10.1. The third-order valence-electron chi connectivity index (χ3n) is 3.92. The molecule has 1 aromatic heterocycles. The molecule has 8 nitrogen and oxygen atoms in total. The molecule has 0 atom stereocenters. The van der Waals surface area contributed by atoms with E-state index >= 15 is 0 Å². The molecule has 0 aliphatic heterocycles. The molecule has 0 saturated carbocycles. The first-order valence-corrected chi connectivity index (χ1v) is 8.45. The van der Waals surface area contributed by atoms with Crippen LogP contribution in [-0.4, -0.2) is 34.8 Å². The maximum absolute atomic E-state index is 14.0. The molecule has 2 aromatic carbocycles. The number of anilines is 1. The summed E-state index contributed by atoms with van der Waals surface area (Å²) in [5.74, 6) is -1.82. The second-order valence-corrected chi connectivity index (χ2v) is 5.39. The molecule has 0 aliphatic carbocycles. The summed E-state index contributed by atoms with van der Waals surface area (Å²) in [6.07, 6.45) is 0. The van der Waals surface area contributed by atoms with E-state index < -0.39 is 23.0 Å². The van der Waals surface area contributed by atoms with E-state index in [9.17, 15) is 18.8 Å². The van der Waals surface area contributed by atoms with Gasteiger partial charge in [-0.3, -0.25) is 4.79 Å². The van der Waals surface area contributed by atoms with Crippen molar-refractivity contribution < 1.29 is 19.0 Å². The minimum Gasteiger partial charge on any atom is -0.495 e. The first kappa shape index (κ1) is 20.7. The van der Waals surface area contributed by atoms with Crippen LogP contribution in [0.4, 0.5) is 10.1 Å². The predicted octanol–water partition coefficient (Wildman–Crippen LogP) is 2.59. The molecular formula is C19H20FN3O5.